The van der Waals surface area contributed by atoms with Crippen LogP contribution >= 0.6 is 0 Å². The average molecular weight is 324 g/mol. The van der Waals surface area contributed by atoms with Crippen molar-refractivity contribution in [3.63, 3.8) is 0 Å². The zero-order valence-electron chi connectivity index (χ0n) is 14.6. The van der Waals surface area contributed by atoms with Crippen molar-refractivity contribution in [2.45, 2.75) is 46.1 Å². The van der Waals surface area contributed by atoms with Gasteiger partial charge in [-0.3, -0.25) is 9.36 Å². The Hall–Kier alpha value is -2.17. The van der Waals surface area contributed by atoms with Crippen molar-refractivity contribution in [2.75, 3.05) is 6.54 Å². The third-order valence-corrected chi connectivity index (χ3v) is 5.51. The summed E-state index contributed by atoms with van der Waals surface area (Å²) in [6.07, 6.45) is 6.67. The third-order valence-electron chi connectivity index (χ3n) is 5.51. The van der Waals surface area contributed by atoms with Crippen molar-refractivity contribution in [2.24, 2.45) is 10.8 Å². The van der Waals surface area contributed by atoms with Crippen molar-refractivity contribution in [3.05, 3.63) is 42.5 Å². The van der Waals surface area contributed by atoms with Gasteiger partial charge in [-0.2, -0.15) is 0 Å². The van der Waals surface area contributed by atoms with Crippen LogP contribution in [0.2, 0.25) is 0 Å². The Bertz CT molecular complexity index is 767. The van der Waals surface area contributed by atoms with E-state index in [0.29, 0.717) is 11.5 Å². The van der Waals surface area contributed by atoms with Crippen LogP contribution in [0, 0.1) is 10.8 Å². The molecule has 126 valence electrons. The fourth-order valence-electron chi connectivity index (χ4n) is 5.06. The number of fused-ring (bicyclic) bond motifs is 2. The molecule has 1 aromatic heterocycles. The monoisotopic (exact) mass is 324 g/mol. The molecule has 0 spiro atoms. The smallest absolute Gasteiger partial charge is 0.256 e. The second-order valence-electron chi connectivity index (χ2n) is 8.53. The molecule has 2 aromatic rings. The SMILES string of the molecule is CC1(C)C[C@@H]2C[C@@](C)(CN2C(=O)c2ccccc2-n2cnnc2)C1. The summed E-state index contributed by atoms with van der Waals surface area (Å²) in [6, 6.07) is 8.08. The highest BCUT2D eigenvalue weighted by atomic mass is 16.2. The molecule has 2 bridgehead atoms. The number of hydrogen-bond acceptors (Lipinski definition) is 3. The predicted octanol–water partition coefficient (Wildman–Crippen LogP) is 3.31. The van der Waals surface area contributed by atoms with Gasteiger partial charge in [-0.15, -0.1) is 10.2 Å². The Kier molecular flexibility index (Phi) is 3.31. The van der Waals surface area contributed by atoms with Gasteiger partial charge in [0, 0.05) is 12.6 Å². The molecule has 1 amide bonds. The number of aromatic nitrogens is 3. The van der Waals surface area contributed by atoms with E-state index < -0.39 is 0 Å². The first kappa shape index (κ1) is 15.4. The van der Waals surface area contributed by atoms with E-state index in [0.717, 1.165) is 30.6 Å². The third kappa shape index (κ3) is 2.52. The first-order valence-corrected chi connectivity index (χ1v) is 8.62. The number of carbonyl (C=O) groups is 1. The second-order valence-corrected chi connectivity index (χ2v) is 8.53. The van der Waals surface area contributed by atoms with E-state index in [-0.39, 0.29) is 11.3 Å². The van der Waals surface area contributed by atoms with Gasteiger partial charge in [0.15, 0.2) is 0 Å². The number of para-hydroxylation sites is 1. The average Bonchev–Trinajstić information content (AvgIpc) is 3.12. The van der Waals surface area contributed by atoms with Gasteiger partial charge in [0.2, 0.25) is 0 Å². The summed E-state index contributed by atoms with van der Waals surface area (Å²) in [5.41, 5.74) is 2.12. The number of amides is 1. The summed E-state index contributed by atoms with van der Waals surface area (Å²) < 4.78 is 1.81. The van der Waals surface area contributed by atoms with Crippen LogP contribution in [-0.4, -0.2) is 38.2 Å². The van der Waals surface area contributed by atoms with Crippen LogP contribution in [0.15, 0.2) is 36.9 Å². The van der Waals surface area contributed by atoms with E-state index in [1.165, 1.54) is 6.42 Å². The van der Waals surface area contributed by atoms with Crippen molar-refractivity contribution >= 4 is 5.91 Å². The molecule has 1 aromatic carbocycles. The van der Waals surface area contributed by atoms with E-state index in [2.05, 4.69) is 35.9 Å². The zero-order chi connectivity index (χ0) is 16.9. The minimum absolute atomic E-state index is 0.130. The zero-order valence-corrected chi connectivity index (χ0v) is 14.6. The lowest BCUT2D eigenvalue weighted by Crippen LogP contribution is -2.38. The van der Waals surface area contributed by atoms with Crippen molar-refractivity contribution in [1.82, 2.24) is 19.7 Å². The van der Waals surface area contributed by atoms with Crippen molar-refractivity contribution < 1.29 is 4.79 Å². The Morgan fingerprint density at radius 3 is 2.58 bits per heavy atom. The maximum atomic E-state index is 13.3. The van der Waals surface area contributed by atoms with Crippen LogP contribution in [-0.2, 0) is 0 Å². The minimum Gasteiger partial charge on any atom is -0.335 e. The molecule has 5 heteroatoms. The summed E-state index contributed by atoms with van der Waals surface area (Å²) in [6.45, 7) is 7.85. The first-order valence-electron chi connectivity index (χ1n) is 8.62. The normalized spacial score (nSPS) is 28.1. The van der Waals surface area contributed by atoms with Crippen LogP contribution in [0.25, 0.3) is 5.69 Å². The van der Waals surface area contributed by atoms with Crippen LogP contribution in [0.3, 0.4) is 0 Å². The highest BCUT2D eigenvalue weighted by molar-refractivity contribution is 5.98. The quantitative estimate of drug-likeness (QED) is 0.851. The van der Waals surface area contributed by atoms with Crippen LogP contribution < -0.4 is 0 Å². The van der Waals surface area contributed by atoms with Gasteiger partial charge in [0.05, 0.1) is 11.3 Å². The maximum absolute atomic E-state index is 13.3. The Balaban J connectivity index is 1.69. The van der Waals surface area contributed by atoms with Gasteiger partial charge >= 0.3 is 0 Å². The summed E-state index contributed by atoms with van der Waals surface area (Å²) >= 11 is 0. The molecule has 4 rings (SSSR count). The van der Waals surface area contributed by atoms with E-state index in [4.69, 9.17) is 0 Å². The molecule has 0 radical (unpaired) electrons. The molecule has 2 atom stereocenters. The molecule has 1 aliphatic heterocycles. The number of carbonyl (C=O) groups excluding carboxylic acids is 1. The molecular weight excluding hydrogens is 300 g/mol. The first-order chi connectivity index (χ1) is 11.4. The summed E-state index contributed by atoms with van der Waals surface area (Å²) in [5, 5.41) is 7.74. The van der Waals surface area contributed by atoms with Gasteiger partial charge in [0.1, 0.15) is 12.7 Å². The van der Waals surface area contributed by atoms with Crippen molar-refractivity contribution in [1.29, 1.82) is 0 Å². The summed E-state index contributed by atoms with van der Waals surface area (Å²) in [5.74, 6) is 0.130. The fourth-order valence-corrected chi connectivity index (χ4v) is 5.06. The summed E-state index contributed by atoms with van der Waals surface area (Å²) in [7, 11) is 0. The molecule has 1 aliphatic carbocycles. The Morgan fingerprint density at radius 2 is 1.83 bits per heavy atom. The van der Waals surface area contributed by atoms with E-state index in [1.807, 2.05) is 24.3 Å². The fraction of sp³-hybridized carbons (Fsp3) is 0.526. The maximum Gasteiger partial charge on any atom is 0.256 e. The number of rotatable bonds is 2. The van der Waals surface area contributed by atoms with Crippen LogP contribution in [0.4, 0.5) is 0 Å². The highest BCUT2D eigenvalue weighted by Crippen LogP contribution is 2.52. The van der Waals surface area contributed by atoms with Gasteiger partial charge < -0.3 is 4.90 Å². The lowest BCUT2D eigenvalue weighted by molar-refractivity contribution is 0.0708. The number of benzene rings is 1. The van der Waals surface area contributed by atoms with E-state index in [9.17, 15) is 4.79 Å². The van der Waals surface area contributed by atoms with Gasteiger partial charge in [-0.05, 0) is 42.2 Å². The molecule has 1 saturated heterocycles. The Morgan fingerprint density at radius 1 is 1.12 bits per heavy atom. The van der Waals surface area contributed by atoms with Crippen LogP contribution in [0.5, 0.6) is 0 Å². The predicted molar refractivity (Wildman–Crippen MR) is 91.9 cm³/mol. The number of nitrogens with zero attached hydrogens (tertiary/aromatic N) is 4. The molecule has 2 heterocycles. The molecule has 5 nitrogen and oxygen atoms in total. The second kappa shape index (κ2) is 5.16. The topological polar surface area (TPSA) is 51.0 Å². The standard InChI is InChI=1S/C19H24N4O/c1-18(2)8-14-9-19(3,10-18)11-23(14)17(24)15-6-4-5-7-16(15)22-12-20-21-13-22/h4-7,12-14H,8-11H2,1-3H3/t14-,19-/m1/s1. The number of hydrogen-bond donors (Lipinski definition) is 0. The molecule has 2 aliphatic rings. The highest BCUT2D eigenvalue weighted by Gasteiger charge is 2.51. The molecule has 24 heavy (non-hydrogen) atoms. The lowest BCUT2D eigenvalue weighted by atomic mass is 9.65. The summed E-state index contributed by atoms with van der Waals surface area (Å²) in [4.78, 5) is 15.4. The largest absolute Gasteiger partial charge is 0.335 e. The molecule has 0 unspecified atom stereocenters. The molecular formula is C19H24N4O. The van der Waals surface area contributed by atoms with E-state index >= 15 is 0 Å². The molecule has 2 fully saturated rings. The van der Waals surface area contributed by atoms with E-state index in [1.54, 1.807) is 17.2 Å². The lowest BCUT2D eigenvalue weighted by Gasteiger charge is -2.39. The van der Waals surface area contributed by atoms with Gasteiger partial charge in [0.25, 0.3) is 5.91 Å². The molecule has 1 saturated carbocycles. The number of likely N-dealkylation sites (tertiary alicyclic amines) is 1. The van der Waals surface area contributed by atoms with Crippen LogP contribution in [0.1, 0.15) is 50.4 Å². The van der Waals surface area contributed by atoms with Gasteiger partial charge in [-0.1, -0.05) is 32.9 Å². The Labute approximate surface area is 142 Å². The van der Waals surface area contributed by atoms with Gasteiger partial charge in [-0.25, -0.2) is 0 Å². The minimum atomic E-state index is 0.130. The van der Waals surface area contributed by atoms with Crippen molar-refractivity contribution in [3.8, 4) is 5.69 Å². The molecule has 0 N–H and O–H groups in total.